The third-order valence-corrected chi connectivity index (χ3v) is 6.00. The molecule has 0 aromatic heterocycles. The van der Waals surface area contributed by atoms with Crippen LogP contribution in [0.25, 0.3) is 5.76 Å². The van der Waals surface area contributed by atoms with Crippen molar-refractivity contribution in [2.75, 3.05) is 19.9 Å². The van der Waals surface area contributed by atoms with Gasteiger partial charge >= 0.3 is 0 Å². The molecule has 2 aromatic rings. The molecule has 7 nitrogen and oxygen atoms in total. The van der Waals surface area contributed by atoms with Gasteiger partial charge in [-0.05, 0) is 37.5 Å². The molecule has 31 heavy (non-hydrogen) atoms. The van der Waals surface area contributed by atoms with Crippen molar-refractivity contribution in [2.45, 2.75) is 31.9 Å². The van der Waals surface area contributed by atoms with Crippen LogP contribution in [0.2, 0.25) is 0 Å². The lowest BCUT2D eigenvalue weighted by Crippen LogP contribution is -2.36. The summed E-state index contributed by atoms with van der Waals surface area (Å²) in [6, 6.07) is 11.8. The first-order chi connectivity index (χ1) is 15.0. The Morgan fingerprint density at radius 2 is 1.87 bits per heavy atom. The van der Waals surface area contributed by atoms with Gasteiger partial charge in [-0.1, -0.05) is 35.9 Å². The van der Waals surface area contributed by atoms with E-state index in [9.17, 15) is 14.7 Å². The summed E-state index contributed by atoms with van der Waals surface area (Å²) in [6.07, 6.45) is 1.62. The predicted molar refractivity (Wildman–Crippen MR) is 112 cm³/mol. The van der Waals surface area contributed by atoms with Crippen LogP contribution in [-0.2, 0) is 14.3 Å². The van der Waals surface area contributed by atoms with Gasteiger partial charge in [0.15, 0.2) is 11.5 Å². The van der Waals surface area contributed by atoms with Crippen LogP contribution in [0.4, 0.5) is 0 Å². The number of aliphatic hydroxyl groups is 1. The Morgan fingerprint density at radius 1 is 1.10 bits per heavy atom. The molecule has 0 aliphatic carbocycles. The molecule has 0 unspecified atom stereocenters. The Bertz CT molecular complexity index is 1070. The highest BCUT2D eigenvalue weighted by Gasteiger charge is 2.47. The van der Waals surface area contributed by atoms with Gasteiger partial charge < -0.3 is 24.2 Å². The van der Waals surface area contributed by atoms with Crippen LogP contribution in [0.15, 0.2) is 48.0 Å². The second kappa shape index (κ2) is 7.74. The van der Waals surface area contributed by atoms with Gasteiger partial charge in [0.05, 0.1) is 17.7 Å². The molecule has 0 radical (unpaired) electrons. The number of amides is 1. The molecular weight excluding hydrogens is 398 g/mol. The number of Topliss-reactive ketones (excluding diaryl/α,β-unsaturated/α-hetero) is 1. The first kappa shape index (κ1) is 19.6. The largest absolute Gasteiger partial charge is 0.507 e. The number of hydrogen-bond donors (Lipinski definition) is 1. The van der Waals surface area contributed by atoms with Gasteiger partial charge in [-0.15, -0.1) is 0 Å². The lowest BCUT2D eigenvalue weighted by atomic mass is 9.94. The van der Waals surface area contributed by atoms with Crippen LogP contribution in [0.3, 0.4) is 0 Å². The molecule has 1 N–H and O–H groups in total. The number of rotatable bonds is 4. The maximum atomic E-state index is 13.1. The standard InChI is InChI=1S/C24H23NO6/c1-14-4-6-15(7-5-14)22(26)20-21(16-8-9-18-19(11-16)31-13-30-18)25(24(28)23(20)27)12-17-3-2-10-29-17/h4-9,11,17,21,26H,2-3,10,12-13H2,1H3/t17-,21-/m0/s1. The van der Waals surface area contributed by atoms with Crippen LogP contribution in [0.5, 0.6) is 11.5 Å². The molecule has 1 amide bonds. The minimum absolute atomic E-state index is 0.0747. The number of carbonyl (C=O) groups excluding carboxylic acids is 2. The number of nitrogens with zero attached hydrogens (tertiary/aromatic N) is 1. The van der Waals surface area contributed by atoms with E-state index < -0.39 is 17.7 Å². The average molecular weight is 421 g/mol. The van der Waals surface area contributed by atoms with Crippen LogP contribution < -0.4 is 9.47 Å². The molecule has 2 aromatic carbocycles. The fraction of sp³-hybridized carbons (Fsp3) is 0.333. The van der Waals surface area contributed by atoms with Crippen molar-refractivity contribution >= 4 is 17.4 Å². The summed E-state index contributed by atoms with van der Waals surface area (Å²) in [5.41, 5.74) is 2.27. The summed E-state index contributed by atoms with van der Waals surface area (Å²) < 4.78 is 16.6. The number of benzene rings is 2. The molecule has 3 aliphatic heterocycles. The maximum absolute atomic E-state index is 13.1. The van der Waals surface area contributed by atoms with Crippen molar-refractivity contribution in [2.24, 2.45) is 0 Å². The number of aryl methyl sites for hydroxylation is 1. The highest BCUT2D eigenvalue weighted by atomic mass is 16.7. The van der Waals surface area contributed by atoms with E-state index in [4.69, 9.17) is 14.2 Å². The molecule has 2 fully saturated rings. The average Bonchev–Trinajstić information content (AvgIpc) is 3.50. The van der Waals surface area contributed by atoms with E-state index in [2.05, 4.69) is 0 Å². The molecule has 160 valence electrons. The molecule has 5 rings (SSSR count). The summed E-state index contributed by atoms with van der Waals surface area (Å²) in [4.78, 5) is 27.6. The summed E-state index contributed by atoms with van der Waals surface area (Å²) in [6.45, 7) is 3.00. The molecule has 2 atom stereocenters. The zero-order chi connectivity index (χ0) is 21.5. The van der Waals surface area contributed by atoms with E-state index in [0.29, 0.717) is 29.2 Å². The highest BCUT2D eigenvalue weighted by Crippen LogP contribution is 2.43. The fourth-order valence-electron chi connectivity index (χ4n) is 4.37. The van der Waals surface area contributed by atoms with Crippen molar-refractivity contribution in [3.05, 3.63) is 64.7 Å². The van der Waals surface area contributed by atoms with E-state index in [0.717, 1.165) is 18.4 Å². The smallest absolute Gasteiger partial charge is 0.295 e. The summed E-state index contributed by atoms with van der Waals surface area (Å²) in [5.74, 6) is -0.352. The third kappa shape index (κ3) is 3.45. The minimum Gasteiger partial charge on any atom is -0.507 e. The Morgan fingerprint density at radius 3 is 2.61 bits per heavy atom. The van der Waals surface area contributed by atoms with Crippen LogP contribution >= 0.6 is 0 Å². The van der Waals surface area contributed by atoms with E-state index in [1.54, 1.807) is 30.3 Å². The molecule has 0 saturated carbocycles. The monoisotopic (exact) mass is 421 g/mol. The molecule has 0 spiro atoms. The Kier molecular flexibility index (Phi) is 4.90. The Labute approximate surface area is 179 Å². The zero-order valence-corrected chi connectivity index (χ0v) is 17.2. The van der Waals surface area contributed by atoms with Crippen molar-refractivity contribution < 1.29 is 28.9 Å². The Balaban J connectivity index is 1.62. The van der Waals surface area contributed by atoms with Gasteiger partial charge in [-0.25, -0.2) is 0 Å². The van der Waals surface area contributed by atoms with Gasteiger partial charge in [0, 0.05) is 18.7 Å². The molecule has 0 bridgehead atoms. The normalized spacial score (nSPS) is 24.2. The zero-order valence-electron chi connectivity index (χ0n) is 17.2. The van der Waals surface area contributed by atoms with Crippen LogP contribution in [0.1, 0.15) is 35.6 Å². The topological polar surface area (TPSA) is 85.3 Å². The Hall–Kier alpha value is -3.32. The maximum Gasteiger partial charge on any atom is 0.295 e. The molecule has 7 heteroatoms. The van der Waals surface area contributed by atoms with Gasteiger partial charge in [0.2, 0.25) is 6.79 Å². The van der Waals surface area contributed by atoms with Crippen molar-refractivity contribution in [3.63, 3.8) is 0 Å². The first-order valence-corrected chi connectivity index (χ1v) is 10.4. The van der Waals surface area contributed by atoms with Gasteiger partial charge in [-0.3, -0.25) is 9.59 Å². The predicted octanol–water partition coefficient (Wildman–Crippen LogP) is 3.32. The molecule has 3 heterocycles. The summed E-state index contributed by atoms with van der Waals surface area (Å²) >= 11 is 0. The van der Waals surface area contributed by atoms with E-state index >= 15 is 0 Å². The fourth-order valence-corrected chi connectivity index (χ4v) is 4.37. The molecule has 3 aliphatic rings. The van der Waals surface area contributed by atoms with Crippen LogP contribution in [-0.4, -0.2) is 47.7 Å². The molecular formula is C24H23NO6. The van der Waals surface area contributed by atoms with Crippen LogP contribution in [0, 0.1) is 6.92 Å². The third-order valence-electron chi connectivity index (χ3n) is 6.00. The summed E-state index contributed by atoms with van der Waals surface area (Å²) in [5, 5.41) is 11.1. The lowest BCUT2D eigenvalue weighted by molar-refractivity contribution is -0.140. The van der Waals surface area contributed by atoms with Crippen molar-refractivity contribution in [3.8, 4) is 11.5 Å². The number of ketones is 1. The molecule has 2 saturated heterocycles. The highest BCUT2D eigenvalue weighted by molar-refractivity contribution is 6.46. The number of hydrogen-bond acceptors (Lipinski definition) is 6. The lowest BCUT2D eigenvalue weighted by Gasteiger charge is -2.27. The van der Waals surface area contributed by atoms with Gasteiger partial charge in [0.25, 0.3) is 11.7 Å². The van der Waals surface area contributed by atoms with E-state index in [1.165, 1.54) is 4.90 Å². The van der Waals surface area contributed by atoms with Crippen molar-refractivity contribution in [1.82, 2.24) is 4.90 Å². The second-order valence-corrected chi connectivity index (χ2v) is 8.07. The summed E-state index contributed by atoms with van der Waals surface area (Å²) in [7, 11) is 0. The quantitative estimate of drug-likeness (QED) is 0.463. The number of fused-ring (bicyclic) bond motifs is 1. The minimum atomic E-state index is -0.736. The van der Waals surface area contributed by atoms with Crippen molar-refractivity contribution in [1.29, 1.82) is 0 Å². The SMILES string of the molecule is Cc1ccc(C(O)=C2C(=O)C(=O)N(C[C@@H]3CCCO3)[C@H]2c2ccc3c(c2)OCO3)cc1. The second-order valence-electron chi connectivity index (χ2n) is 8.07. The number of likely N-dealkylation sites (tertiary alicyclic amines) is 1. The van der Waals surface area contributed by atoms with Gasteiger partial charge in [0.1, 0.15) is 5.76 Å². The first-order valence-electron chi connectivity index (χ1n) is 10.4. The number of ether oxygens (including phenoxy) is 3. The number of carbonyl (C=O) groups is 2. The number of aliphatic hydroxyl groups excluding tert-OH is 1. The van der Waals surface area contributed by atoms with E-state index in [-0.39, 0.29) is 30.8 Å². The van der Waals surface area contributed by atoms with E-state index in [1.807, 2.05) is 19.1 Å². The van der Waals surface area contributed by atoms with Gasteiger partial charge in [-0.2, -0.15) is 0 Å².